The summed E-state index contributed by atoms with van der Waals surface area (Å²) in [4.78, 5) is 2.71. The van der Waals surface area contributed by atoms with Crippen LogP contribution in [0.3, 0.4) is 0 Å². The molecule has 3 aromatic rings. The van der Waals surface area contributed by atoms with E-state index in [-0.39, 0.29) is 24.6 Å². The van der Waals surface area contributed by atoms with Gasteiger partial charge in [0, 0.05) is 31.1 Å². The number of rotatable bonds is 5. The molecule has 0 bridgehead atoms. The van der Waals surface area contributed by atoms with E-state index in [0.717, 1.165) is 36.1 Å². The summed E-state index contributed by atoms with van der Waals surface area (Å²) in [6.07, 6.45) is 1.75. The normalized spacial score (nSPS) is 24.0. The quantitative estimate of drug-likeness (QED) is 0.597. The fraction of sp³-hybridized carbons (Fsp3) is 0.357. The number of hydrogen-bond donors (Lipinski definition) is 1. The molecular formula is C28H32N2O3S. The number of aliphatic hydroxyl groups excluding tert-OH is 1. The Morgan fingerprint density at radius 1 is 0.853 bits per heavy atom. The predicted octanol–water partition coefficient (Wildman–Crippen LogP) is 4.28. The molecular weight excluding hydrogens is 444 g/mol. The van der Waals surface area contributed by atoms with Crippen molar-refractivity contribution in [2.75, 3.05) is 26.2 Å². The fourth-order valence-electron chi connectivity index (χ4n) is 5.64. The van der Waals surface area contributed by atoms with E-state index in [2.05, 4.69) is 41.3 Å². The number of benzene rings is 3. The van der Waals surface area contributed by atoms with Crippen molar-refractivity contribution >= 4 is 10.0 Å². The van der Waals surface area contributed by atoms with Gasteiger partial charge in [0.2, 0.25) is 10.0 Å². The molecule has 2 aliphatic rings. The summed E-state index contributed by atoms with van der Waals surface area (Å²) < 4.78 is 28.9. The van der Waals surface area contributed by atoms with Gasteiger partial charge in [-0.25, -0.2) is 8.42 Å². The van der Waals surface area contributed by atoms with E-state index in [1.807, 2.05) is 37.3 Å². The molecule has 34 heavy (non-hydrogen) atoms. The summed E-state index contributed by atoms with van der Waals surface area (Å²) >= 11 is 0. The number of hydrogen-bond acceptors (Lipinski definition) is 4. The van der Waals surface area contributed by atoms with E-state index >= 15 is 0 Å². The van der Waals surface area contributed by atoms with Gasteiger partial charge in [0.25, 0.3) is 0 Å². The molecule has 3 aromatic carbocycles. The maximum Gasteiger partial charge on any atom is 0.243 e. The lowest BCUT2D eigenvalue weighted by atomic mass is 9.74. The number of sulfonamides is 1. The Labute approximate surface area is 202 Å². The molecule has 2 fully saturated rings. The molecule has 1 N–H and O–H groups in total. The van der Waals surface area contributed by atoms with Gasteiger partial charge in [-0.15, -0.1) is 0 Å². The molecule has 0 radical (unpaired) electrons. The van der Waals surface area contributed by atoms with Gasteiger partial charge in [-0.1, -0.05) is 72.8 Å². The van der Waals surface area contributed by atoms with Crippen molar-refractivity contribution < 1.29 is 13.5 Å². The lowest BCUT2D eigenvalue weighted by Gasteiger charge is -2.57. The van der Waals surface area contributed by atoms with Gasteiger partial charge in [0.15, 0.2) is 0 Å². The van der Waals surface area contributed by atoms with Crippen LogP contribution in [0.1, 0.15) is 29.9 Å². The molecule has 3 atom stereocenters. The average molecular weight is 477 g/mol. The smallest absolute Gasteiger partial charge is 0.243 e. The SMILES string of the molecule is Cc1ccccc1S(=O)(=O)N1CCCCN2[C@H](CO)[C@H](c3ccc(-c4ccccc4)cc3)[C@H]2C1. The highest BCUT2D eigenvalue weighted by atomic mass is 32.2. The van der Waals surface area contributed by atoms with Gasteiger partial charge in [0.1, 0.15) is 0 Å². The van der Waals surface area contributed by atoms with Crippen LogP contribution in [0.2, 0.25) is 0 Å². The molecule has 5 nitrogen and oxygen atoms in total. The zero-order valence-electron chi connectivity index (χ0n) is 19.5. The minimum Gasteiger partial charge on any atom is -0.395 e. The largest absolute Gasteiger partial charge is 0.395 e. The van der Waals surface area contributed by atoms with Crippen molar-refractivity contribution in [3.63, 3.8) is 0 Å². The van der Waals surface area contributed by atoms with Crippen LogP contribution in [0.4, 0.5) is 0 Å². The van der Waals surface area contributed by atoms with E-state index < -0.39 is 10.0 Å². The molecule has 0 amide bonds. The van der Waals surface area contributed by atoms with Crippen molar-refractivity contribution in [3.8, 4) is 11.1 Å². The van der Waals surface area contributed by atoms with Gasteiger partial charge < -0.3 is 5.11 Å². The van der Waals surface area contributed by atoms with Gasteiger partial charge in [0.05, 0.1) is 11.5 Å². The second kappa shape index (κ2) is 9.62. The fourth-order valence-corrected chi connectivity index (χ4v) is 7.36. The second-order valence-electron chi connectivity index (χ2n) is 9.40. The van der Waals surface area contributed by atoms with Gasteiger partial charge in [-0.05, 0) is 54.6 Å². The Kier molecular flexibility index (Phi) is 6.58. The van der Waals surface area contributed by atoms with E-state index in [4.69, 9.17) is 0 Å². The average Bonchev–Trinajstić information content (AvgIpc) is 2.84. The summed E-state index contributed by atoms with van der Waals surface area (Å²) in [5.74, 6) is 0.0995. The van der Waals surface area contributed by atoms with Crippen molar-refractivity contribution in [1.29, 1.82) is 0 Å². The number of fused-ring (bicyclic) bond motifs is 1. The molecule has 6 heteroatoms. The maximum atomic E-state index is 13.6. The van der Waals surface area contributed by atoms with Crippen LogP contribution in [-0.4, -0.2) is 61.1 Å². The third-order valence-electron chi connectivity index (χ3n) is 7.45. The molecule has 0 unspecified atom stereocenters. The number of aryl methyl sites for hydroxylation is 1. The van der Waals surface area contributed by atoms with Crippen LogP contribution < -0.4 is 0 Å². The molecule has 0 aliphatic carbocycles. The van der Waals surface area contributed by atoms with E-state index in [1.54, 1.807) is 16.4 Å². The first-order valence-electron chi connectivity index (χ1n) is 12.1. The first-order valence-corrected chi connectivity index (χ1v) is 13.5. The Morgan fingerprint density at radius 3 is 2.21 bits per heavy atom. The Morgan fingerprint density at radius 2 is 1.50 bits per heavy atom. The molecule has 178 valence electrons. The van der Waals surface area contributed by atoms with Crippen LogP contribution in [-0.2, 0) is 10.0 Å². The van der Waals surface area contributed by atoms with E-state index in [9.17, 15) is 13.5 Å². The summed E-state index contributed by atoms with van der Waals surface area (Å²) in [6, 6.07) is 26.1. The van der Waals surface area contributed by atoms with Crippen LogP contribution in [0, 0.1) is 6.92 Å². The number of nitrogens with zero attached hydrogens (tertiary/aromatic N) is 2. The van der Waals surface area contributed by atoms with E-state index in [1.165, 1.54) is 5.56 Å². The number of aliphatic hydroxyl groups is 1. The highest BCUT2D eigenvalue weighted by Crippen LogP contribution is 2.43. The maximum absolute atomic E-state index is 13.6. The molecule has 2 aliphatic heterocycles. The first kappa shape index (κ1) is 23.2. The van der Waals surface area contributed by atoms with Crippen molar-refractivity contribution in [1.82, 2.24) is 9.21 Å². The summed E-state index contributed by atoms with van der Waals surface area (Å²) in [7, 11) is -3.58. The molecule has 0 aromatic heterocycles. The van der Waals surface area contributed by atoms with Crippen LogP contribution >= 0.6 is 0 Å². The summed E-state index contributed by atoms with van der Waals surface area (Å²) in [5.41, 5.74) is 4.26. The second-order valence-corrected chi connectivity index (χ2v) is 11.3. The Balaban J connectivity index is 1.44. The third-order valence-corrected chi connectivity index (χ3v) is 9.47. The minimum atomic E-state index is -3.58. The van der Waals surface area contributed by atoms with Crippen LogP contribution in [0.5, 0.6) is 0 Å². The molecule has 0 saturated carbocycles. The molecule has 0 spiro atoms. The van der Waals surface area contributed by atoms with Crippen molar-refractivity contribution in [2.24, 2.45) is 0 Å². The lowest BCUT2D eigenvalue weighted by Crippen LogP contribution is -2.67. The van der Waals surface area contributed by atoms with Gasteiger partial charge >= 0.3 is 0 Å². The van der Waals surface area contributed by atoms with Crippen molar-refractivity contribution in [3.05, 3.63) is 90.0 Å². The zero-order chi connectivity index (χ0) is 23.7. The minimum absolute atomic E-state index is 0.0219. The third kappa shape index (κ3) is 4.20. The Hall–Kier alpha value is -2.51. The topological polar surface area (TPSA) is 60.9 Å². The standard InChI is InChI=1S/C28H32N2O3S/c1-21-9-5-6-12-27(21)34(32,33)29-17-7-8-18-30-25(19-29)28(26(30)20-31)24-15-13-23(14-16-24)22-10-3-2-4-11-22/h2-6,9-16,25-26,28,31H,7-8,17-20H2,1H3/t25-,26-,28-/m1/s1. The zero-order valence-corrected chi connectivity index (χ0v) is 20.4. The summed E-state index contributed by atoms with van der Waals surface area (Å²) in [5, 5.41) is 10.2. The van der Waals surface area contributed by atoms with Crippen molar-refractivity contribution in [2.45, 2.75) is 42.7 Å². The van der Waals surface area contributed by atoms with Crippen LogP contribution in [0.25, 0.3) is 11.1 Å². The Bertz CT molecular complexity index is 1230. The highest BCUT2D eigenvalue weighted by Gasteiger charge is 2.50. The van der Waals surface area contributed by atoms with E-state index in [0.29, 0.717) is 18.0 Å². The summed E-state index contributed by atoms with van der Waals surface area (Å²) in [6.45, 7) is 3.80. The molecule has 2 saturated heterocycles. The lowest BCUT2D eigenvalue weighted by molar-refractivity contribution is -0.0553. The predicted molar refractivity (Wildman–Crippen MR) is 135 cm³/mol. The van der Waals surface area contributed by atoms with Gasteiger partial charge in [-0.3, -0.25) is 4.90 Å². The molecule has 5 rings (SSSR count). The first-order chi connectivity index (χ1) is 16.5. The van der Waals surface area contributed by atoms with Crippen LogP contribution in [0.15, 0.2) is 83.8 Å². The van der Waals surface area contributed by atoms with Gasteiger partial charge in [-0.2, -0.15) is 4.31 Å². The highest BCUT2D eigenvalue weighted by molar-refractivity contribution is 7.89. The monoisotopic (exact) mass is 476 g/mol. The molecule has 2 heterocycles.